The van der Waals surface area contributed by atoms with Gasteiger partial charge in [0.2, 0.25) is 0 Å². The minimum Gasteiger partial charge on any atom is -0.370 e. The van der Waals surface area contributed by atoms with Crippen molar-refractivity contribution in [1.82, 2.24) is 15.6 Å². The Labute approximate surface area is 154 Å². The van der Waals surface area contributed by atoms with Crippen LogP contribution in [0.2, 0.25) is 0 Å². The molecule has 0 fully saturated rings. The van der Waals surface area contributed by atoms with E-state index in [4.69, 9.17) is 0 Å². The number of aromatic nitrogens is 1. The van der Waals surface area contributed by atoms with E-state index in [9.17, 15) is 13.2 Å². The van der Waals surface area contributed by atoms with Crippen molar-refractivity contribution in [3.05, 3.63) is 45.8 Å². The molecule has 0 amide bonds. The van der Waals surface area contributed by atoms with Crippen LogP contribution in [0.4, 0.5) is 19.0 Å². The fraction of sp³-hybridized carbons (Fsp3) is 0.412. The maximum absolute atomic E-state index is 12.5. The van der Waals surface area contributed by atoms with E-state index in [1.165, 1.54) is 15.8 Å². The molecule has 0 spiro atoms. The summed E-state index contributed by atoms with van der Waals surface area (Å²) in [6.07, 6.45) is -2.76. The first-order valence-corrected chi connectivity index (χ1v) is 8.97. The second-order valence-corrected chi connectivity index (χ2v) is 6.95. The van der Waals surface area contributed by atoms with E-state index in [0.717, 1.165) is 18.7 Å². The first-order valence-electron chi connectivity index (χ1n) is 8.15. The quantitative estimate of drug-likeness (QED) is 0.387. The minimum atomic E-state index is -4.36. The summed E-state index contributed by atoms with van der Waals surface area (Å²) in [5, 5.41) is 9.43. The molecule has 0 saturated heterocycles. The minimum absolute atomic E-state index is 0.425. The van der Waals surface area contributed by atoms with E-state index in [2.05, 4.69) is 45.0 Å². The van der Waals surface area contributed by atoms with Gasteiger partial charge in [0, 0.05) is 36.1 Å². The lowest BCUT2D eigenvalue weighted by atomic mass is 10.3. The maximum Gasteiger partial charge on any atom is 0.417 e. The summed E-state index contributed by atoms with van der Waals surface area (Å²) >= 11 is 1.74. The first-order chi connectivity index (χ1) is 12.4. The van der Waals surface area contributed by atoms with Crippen molar-refractivity contribution >= 4 is 23.1 Å². The van der Waals surface area contributed by atoms with Gasteiger partial charge in [-0.2, -0.15) is 13.2 Å². The maximum atomic E-state index is 12.5. The van der Waals surface area contributed by atoms with E-state index in [1.807, 2.05) is 0 Å². The molecule has 0 atom stereocenters. The highest BCUT2D eigenvalue weighted by molar-refractivity contribution is 7.11. The third-order valence-electron chi connectivity index (χ3n) is 3.49. The standard InChI is InChI=1S/C17H22F3N5S/c1-12-4-6-14(26-12)11-25-16(21-2)23-9-3-8-22-15-7-5-13(10-24-15)17(18,19)20/h4-7,10H,3,8-9,11H2,1-2H3,(H,22,24)(H2,21,23,25). The Morgan fingerprint density at radius 3 is 2.54 bits per heavy atom. The smallest absolute Gasteiger partial charge is 0.370 e. The number of hydrogen-bond donors (Lipinski definition) is 3. The number of nitrogens with one attached hydrogen (secondary N) is 3. The summed E-state index contributed by atoms with van der Waals surface area (Å²) < 4.78 is 37.4. The Morgan fingerprint density at radius 1 is 1.15 bits per heavy atom. The molecule has 26 heavy (non-hydrogen) atoms. The van der Waals surface area contributed by atoms with Gasteiger partial charge in [-0.3, -0.25) is 4.99 Å². The van der Waals surface area contributed by atoms with Gasteiger partial charge in [0.1, 0.15) is 5.82 Å². The molecule has 2 aromatic rings. The number of hydrogen-bond acceptors (Lipinski definition) is 4. The summed E-state index contributed by atoms with van der Waals surface area (Å²) in [5.74, 6) is 1.14. The Balaban J connectivity index is 1.64. The van der Waals surface area contributed by atoms with Gasteiger partial charge in [-0.15, -0.1) is 11.3 Å². The molecule has 0 radical (unpaired) electrons. The third kappa shape index (κ3) is 6.55. The van der Waals surface area contributed by atoms with E-state index in [0.29, 0.717) is 31.4 Å². The molecule has 2 aromatic heterocycles. The SMILES string of the molecule is CN=C(NCCCNc1ccc(C(F)(F)F)cn1)NCc1ccc(C)s1. The molecule has 142 valence electrons. The van der Waals surface area contributed by atoms with Gasteiger partial charge in [0.05, 0.1) is 12.1 Å². The molecule has 0 aliphatic heterocycles. The zero-order valence-corrected chi connectivity index (χ0v) is 15.5. The monoisotopic (exact) mass is 385 g/mol. The molecule has 0 aliphatic rings. The largest absolute Gasteiger partial charge is 0.417 e. The number of anilines is 1. The first kappa shape index (κ1) is 20.0. The Kier molecular flexibility index (Phi) is 7.26. The number of alkyl halides is 3. The van der Waals surface area contributed by atoms with Crippen molar-refractivity contribution in [2.24, 2.45) is 4.99 Å². The van der Waals surface area contributed by atoms with Crippen molar-refractivity contribution in [3.63, 3.8) is 0 Å². The highest BCUT2D eigenvalue weighted by Crippen LogP contribution is 2.28. The molecule has 2 heterocycles. The van der Waals surface area contributed by atoms with Gasteiger partial charge in [-0.05, 0) is 37.6 Å². The number of pyridine rings is 1. The normalized spacial score (nSPS) is 12.1. The van der Waals surface area contributed by atoms with Crippen LogP contribution in [0.5, 0.6) is 0 Å². The van der Waals surface area contributed by atoms with Crippen LogP contribution < -0.4 is 16.0 Å². The van der Waals surface area contributed by atoms with E-state index in [-0.39, 0.29) is 0 Å². The van der Waals surface area contributed by atoms with Gasteiger partial charge < -0.3 is 16.0 Å². The van der Waals surface area contributed by atoms with E-state index >= 15 is 0 Å². The van der Waals surface area contributed by atoms with E-state index in [1.54, 1.807) is 18.4 Å². The zero-order valence-electron chi connectivity index (χ0n) is 14.7. The van der Waals surface area contributed by atoms with Crippen LogP contribution in [-0.4, -0.2) is 31.1 Å². The molecule has 2 rings (SSSR count). The van der Waals surface area contributed by atoms with Gasteiger partial charge >= 0.3 is 6.18 Å². The third-order valence-corrected chi connectivity index (χ3v) is 4.49. The highest BCUT2D eigenvalue weighted by Gasteiger charge is 2.30. The molecular formula is C17H22F3N5S. The van der Waals surface area contributed by atoms with Crippen LogP contribution in [0.3, 0.4) is 0 Å². The van der Waals surface area contributed by atoms with Gasteiger partial charge in [0.15, 0.2) is 5.96 Å². The number of thiophene rings is 1. The number of aryl methyl sites for hydroxylation is 1. The topological polar surface area (TPSA) is 61.3 Å². The summed E-state index contributed by atoms with van der Waals surface area (Å²) in [5.41, 5.74) is -0.750. The predicted molar refractivity (Wildman–Crippen MR) is 99.6 cm³/mol. The van der Waals surface area contributed by atoms with Crippen LogP contribution in [-0.2, 0) is 12.7 Å². The van der Waals surface area contributed by atoms with Crippen LogP contribution in [0.15, 0.2) is 35.5 Å². The zero-order chi connectivity index (χ0) is 19.0. The fourth-order valence-electron chi connectivity index (χ4n) is 2.15. The Morgan fingerprint density at radius 2 is 1.96 bits per heavy atom. The average molecular weight is 385 g/mol. The van der Waals surface area contributed by atoms with Crippen LogP contribution in [0.1, 0.15) is 21.7 Å². The predicted octanol–water partition coefficient (Wildman–Crippen LogP) is 3.64. The van der Waals surface area contributed by atoms with Crippen molar-refractivity contribution in [2.75, 3.05) is 25.5 Å². The summed E-state index contributed by atoms with van der Waals surface area (Å²) in [6.45, 7) is 4.05. The second kappa shape index (κ2) is 9.42. The van der Waals surface area contributed by atoms with Crippen molar-refractivity contribution in [1.29, 1.82) is 0 Å². The lowest BCUT2D eigenvalue weighted by Gasteiger charge is -2.12. The molecule has 0 bridgehead atoms. The van der Waals surface area contributed by atoms with E-state index < -0.39 is 11.7 Å². The Hall–Kier alpha value is -2.29. The number of halogens is 3. The molecule has 0 aliphatic carbocycles. The van der Waals surface area contributed by atoms with Crippen molar-refractivity contribution in [3.8, 4) is 0 Å². The van der Waals surface area contributed by atoms with Crippen LogP contribution >= 0.6 is 11.3 Å². The van der Waals surface area contributed by atoms with Crippen molar-refractivity contribution in [2.45, 2.75) is 26.1 Å². The van der Waals surface area contributed by atoms with Crippen LogP contribution in [0, 0.1) is 6.92 Å². The lowest BCUT2D eigenvalue weighted by molar-refractivity contribution is -0.137. The number of nitrogens with zero attached hydrogens (tertiary/aromatic N) is 2. The van der Waals surface area contributed by atoms with Gasteiger partial charge in [-0.1, -0.05) is 0 Å². The molecular weight excluding hydrogens is 363 g/mol. The van der Waals surface area contributed by atoms with Crippen molar-refractivity contribution < 1.29 is 13.2 Å². The molecule has 0 unspecified atom stereocenters. The second-order valence-electron chi connectivity index (χ2n) is 5.58. The van der Waals surface area contributed by atoms with Gasteiger partial charge in [-0.25, -0.2) is 4.98 Å². The molecule has 0 aromatic carbocycles. The molecule has 5 nitrogen and oxygen atoms in total. The highest BCUT2D eigenvalue weighted by atomic mass is 32.1. The summed E-state index contributed by atoms with van der Waals surface area (Å²) in [6, 6.07) is 6.52. The number of rotatable bonds is 7. The average Bonchev–Trinajstić information content (AvgIpc) is 3.02. The number of guanidine groups is 1. The Bertz CT molecular complexity index is 710. The summed E-state index contributed by atoms with van der Waals surface area (Å²) in [4.78, 5) is 10.4. The fourth-order valence-corrected chi connectivity index (χ4v) is 2.98. The lowest BCUT2D eigenvalue weighted by Crippen LogP contribution is -2.37. The molecule has 3 N–H and O–H groups in total. The summed E-state index contributed by atoms with van der Waals surface area (Å²) in [7, 11) is 1.71. The number of aliphatic imine (C=N–C) groups is 1. The molecule has 9 heteroatoms. The van der Waals surface area contributed by atoms with Crippen LogP contribution in [0.25, 0.3) is 0 Å². The van der Waals surface area contributed by atoms with Gasteiger partial charge in [0.25, 0.3) is 0 Å². The molecule has 0 saturated carbocycles.